The number of furan rings is 1. The van der Waals surface area contributed by atoms with Crippen molar-refractivity contribution in [1.29, 1.82) is 0 Å². The first-order chi connectivity index (χ1) is 11.9. The molecule has 0 saturated carbocycles. The van der Waals surface area contributed by atoms with Crippen LogP contribution in [0.4, 0.5) is 5.69 Å². The van der Waals surface area contributed by atoms with Crippen LogP contribution in [-0.2, 0) is 10.0 Å². The molecule has 0 aliphatic heterocycles. The van der Waals surface area contributed by atoms with E-state index in [9.17, 15) is 13.2 Å². The molecule has 2 aromatic carbocycles. The molecule has 3 rings (SSSR count). The second-order valence-electron chi connectivity index (χ2n) is 5.42. The van der Waals surface area contributed by atoms with Crippen molar-refractivity contribution in [1.82, 2.24) is 0 Å². The Morgan fingerprint density at radius 2 is 1.76 bits per heavy atom. The quantitative estimate of drug-likeness (QED) is 0.725. The van der Waals surface area contributed by atoms with Gasteiger partial charge in [-0.1, -0.05) is 18.2 Å². The van der Waals surface area contributed by atoms with Crippen molar-refractivity contribution >= 4 is 21.7 Å². The van der Waals surface area contributed by atoms with E-state index in [1.54, 1.807) is 49.4 Å². The number of carbonyl (C=O) groups is 1. The van der Waals surface area contributed by atoms with Crippen molar-refractivity contribution in [3.05, 3.63) is 72.0 Å². The summed E-state index contributed by atoms with van der Waals surface area (Å²) in [4.78, 5) is 11.1. The van der Waals surface area contributed by atoms with Crippen LogP contribution in [-0.4, -0.2) is 19.5 Å². The van der Waals surface area contributed by atoms with Crippen LogP contribution in [0, 0.1) is 6.92 Å². The smallest absolute Gasteiger partial charge is 0.371 e. The highest BCUT2D eigenvalue weighted by Crippen LogP contribution is 2.28. The summed E-state index contributed by atoms with van der Waals surface area (Å²) >= 11 is 0. The number of benzene rings is 2. The van der Waals surface area contributed by atoms with Gasteiger partial charge in [0.1, 0.15) is 5.76 Å². The second kappa shape index (κ2) is 6.45. The van der Waals surface area contributed by atoms with E-state index < -0.39 is 16.0 Å². The molecule has 0 aliphatic rings. The van der Waals surface area contributed by atoms with Gasteiger partial charge in [-0.05, 0) is 55.0 Å². The van der Waals surface area contributed by atoms with Gasteiger partial charge >= 0.3 is 5.97 Å². The van der Waals surface area contributed by atoms with Crippen molar-refractivity contribution in [3.63, 3.8) is 0 Å². The minimum atomic E-state index is -3.67. The Bertz CT molecular complexity index is 1020. The molecule has 128 valence electrons. The number of hydrogen-bond donors (Lipinski definition) is 2. The van der Waals surface area contributed by atoms with E-state index in [0.29, 0.717) is 17.0 Å². The number of aromatic carboxylic acids is 1. The molecule has 6 nitrogen and oxygen atoms in total. The molecule has 0 spiro atoms. The lowest BCUT2D eigenvalue weighted by Crippen LogP contribution is -2.12. The zero-order valence-corrected chi connectivity index (χ0v) is 14.1. The number of sulfonamides is 1. The first-order valence-corrected chi connectivity index (χ1v) is 8.87. The van der Waals surface area contributed by atoms with E-state index in [-0.39, 0.29) is 10.7 Å². The van der Waals surface area contributed by atoms with Crippen LogP contribution in [0.3, 0.4) is 0 Å². The highest BCUT2D eigenvalue weighted by atomic mass is 32.2. The fourth-order valence-corrected chi connectivity index (χ4v) is 3.49. The minimum Gasteiger partial charge on any atom is -0.475 e. The number of carboxylic acids is 1. The van der Waals surface area contributed by atoms with Crippen molar-refractivity contribution in [2.45, 2.75) is 11.8 Å². The van der Waals surface area contributed by atoms with Crippen LogP contribution in [0.1, 0.15) is 16.1 Å². The fraction of sp³-hybridized carbons (Fsp3) is 0.0556. The van der Waals surface area contributed by atoms with E-state index in [0.717, 1.165) is 5.56 Å². The molecule has 0 fully saturated rings. The van der Waals surface area contributed by atoms with Crippen LogP contribution in [0.5, 0.6) is 0 Å². The zero-order valence-electron chi connectivity index (χ0n) is 13.3. The summed E-state index contributed by atoms with van der Waals surface area (Å²) in [5, 5.41) is 8.92. The number of aryl methyl sites for hydroxylation is 1. The molecule has 0 radical (unpaired) electrons. The van der Waals surface area contributed by atoms with E-state index in [1.165, 1.54) is 18.2 Å². The summed E-state index contributed by atoms with van der Waals surface area (Å²) in [6, 6.07) is 16.0. The van der Waals surface area contributed by atoms with Gasteiger partial charge < -0.3 is 9.52 Å². The summed E-state index contributed by atoms with van der Waals surface area (Å²) in [5.41, 5.74) is 1.85. The van der Waals surface area contributed by atoms with Crippen LogP contribution in [0.25, 0.3) is 11.3 Å². The van der Waals surface area contributed by atoms with E-state index in [1.807, 2.05) is 0 Å². The van der Waals surface area contributed by atoms with Crippen molar-refractivity contribution in [2.75, 3.05) is 4.72 Å². The summed E-state index contributed by atoms with van der Waals surface area (Å²) < 4.78 is 32.5. The molecule has 0 aliphatic carbocycles. The molecule has 2 N–H and O–H groups in total. The van der Waals surface area contributed by atoms with Gasteiger partial charge in [0.15, 0.2) is 0 Å². The molecular weight excluding hydrogens is 342 g/mol. The molecule has 3 aromatic rings. The first-order valence-electron chi connectivity index (χ1n) is 7.39. The molecule has 1 heterocycles. The minimum absolute atomic E-state index is 0.150. The summed E-state index contributed by atoms with van der Waals surface area (Å²) in [5.74, 6) is -0.883. The maximum atomic E-state index is 12.4. The van der Waals surface area contributed by atoms with E-state index >= 15 is 0 Å². The molecule has 0 saturated heterocycles. The Labute approximate surface area is 144 Å². The highest BCUT2D eigenvalue weighted by Gasteiger charge is 2.15. The first kappa shape index (κ1) is 16.8. The monoisotopic (exact) mass is 357 g/mol. The summed E-state index contributed by atoms with van der Waals surface area (Å²) in [6.07, 6.45) is 0. The normalized spacial score (nSPS) is 11.2. The standard InChI is InChI=1S/C18H15NO5S/c1-12-11-13(19-25(22,23)14-5-3-2-4-6-14)7-8-15(12)16-9-10-17(24-16)18(20)21/h2-11,19H,1H3,(H,20,21). The van der Waals surface area contributed by atoms with Crippen LogP contribution < -0.4 is 4.72 Å². The number of rotatable bonds is 5. The maximum Gasteiger partial charge on any atom is 0.371 e. The predicted molar refractivity (Wildman–Crippen MR) is 93.1 cm³/mol. The Morgan fingerprint density at radius 3 is 2.36 bits per heavy atom. The van der Waals surface area contributed by atoms with Gasteiger partial charge in [0.05, 0.1) is 4.90 Å². The Balaban J connectivity index is 1.88. The Hall–Kier alpha value is -3.06. The average molecular weight is 357 g/mol. The number of anilines is 1. The molecule has 0 amide bonds. The SMILES string of the molecule is Cc1cc(NS(=O)(=O)c2ccccc2)ccc1-c1ccc(C(=O)O)o1. The van der Waals surface area contributed by atoms with Gasteiger partial charge in [0, 0.05) is 11.3 Å². The van der Waals surface area contributed by atoms with Crippen LogP contribution in [0.15, 0.2) is 70.0 Å². The Kier molecular flexibility index (Phi) is 4.33. The third-order valence-corrected chi connectivity index (χ3v) is 5.01. The molecule has 0 unspecified atom stereocenters. The maximum absolute atomic E-state index is 12.4. The van der Waals surface area contributed by atoms with Gasteiger partial charge in [-0.15, -0.1) is 0 Å². The van der Waals surface area contributed by atoms with Crippen molar-refractivity contribution < 1.29 is 22.7 Å². The summed E-state index contributed by atoms with van der Waals surface area (Å²) in [7, 11) is -3.67. The highest BCUT2D eigenvalue weighted by molar-refractivity contribution is 7.92. The molecule has 7 heteroatoms. The third kappa shape index (κ3) is 3.56. The van der Waals surface area contributed by atoms with E-state index in [2.05, 4.69) is 4.72 Å². The number of hydrogen-bond acceptors (Lipinski definition) is 4. The molecule has 0 bridgehead atoms. The largest absolute Gasteiger partial charge is 0.475 e. The average Bonchev–Trinajstić information content (AvgIpc) is 3.05. The molecular formula is C18H15NO5S. The Morgan fingerprint density at radius 1 is 1.04 bits per heavy atom. The number of carboxylic acid groups (broad SMARTS) is 1. The molecule has 25 heavy (non-hydrogen) atoms. The number of nitrogens with one attached hydrogen (secondary N) is 1. The zero-order chi connectivity index (χ0) is 18.0. The van der Waals surface area contributed by atoms with Crippen LogP contribution in [0.2, 0.25) is 0 Å². The third-order valence-electron chi connectivity index (χ3n) is 3.61. The lowest BCUT2D eigenvalue weighted by Gasteiger charge is -2.10. The topological polar surface area (TPSA) is 96.6 Å². The van der Waals surface area contributed by atoms with Gasteiger partial charge in [-0.2, -0.15) is 0 Å². The van der Waals surface area contributed by atoms with Crippen molar-refractivity contribution in [3.8, 4) is 11.3 Å². The van der Waals surface area contributed by atoms with Gasteiger partial charge in [0.2, 0.25) is 5.76 Å². The second-order valence-corrected chi connectivity index (χ2v) is 7.10. The van der Waals surface area contributed by atoms with Gasteiger partial charge in [-0.3, -0.25) is 4.72 Å². The fourth-order valence-electron chi connectivity index (χ4n) is 2.41. The lowest BCUT2D eigenvalue weighted by atomic mass is 10.1. The van der Waals surface area contributed by atoms with E-state index in [4.69, 9.17) is 9.52 Å². The molecule has 1 aromatic heterocycles. The van der Waals surface area contributed by atoms with Gasteiger partial charge in [0.25, 0.3) is 10.0 Å². The molecule has 0 atom stereocenters. The summed E-state index contributed by atoms with van der Waals surface area (Å²) in [6.45, 7) is 1.79. The van der Waals surface area contributed by atoms with Crippen molar-refractivity contribution in [2.24, 2.45) is 0 Å². The lowest BCUT2D eigenvalue weighted by molar-refractivity contribution is 0.0663. The predicted octanol–water partition coefficient (Wildman–Crippen LogP) is 3.75. The van der Waals surface area contributed by atoms with Crippen LogP contribution >= 0.6 is 0 Å². The van der Waals surface area contributed by atoms with Gasteiger partial charge in [-0.25, -0.2) is 13.2 Å².